The molecule has 0 aliphatic carbocycles. The first-order valence-corrected chi connectivity index (χ1v) is 7.11. The van der Waals surface area contributed by atoms with Crippen LogP contribution in [-0.4, -0.2) is 47.1 Å². The molecule has 0 aromatic carbocycles. The predicted octanol–water partition coefficient (Wildman–Crippen LogP) is 0.984. The van der Waals surface area contributed by atoms with Crippen molar-refractivity contribution in [3.63, 3.8) is 0 Å². The topological polar surface area (TPSA) is 61.4 Å². The second-order valence-electron chi connectivity index (χ2n) is 5.10. The smallest absolute Gasteiger partial charge is 0.285 e. The number of nitrogens with zero attached hydrogens (tertiary/aromatic N) is 4. The molecular weight excluding hydrogens is 254 g/mol. The van der Waals surface area contributed by atoms with E-state index in [-0.39, 0.29) is 5.91 Å². The lowest BCUT2D eigenvalue weighted by atomic mass is 10.3. The van der Waals surface area contributed by atoms with E-state index in [1.807, 2.05) is 5.01 Å². The molecule has 20 heavy (non-hydrogen) atoms. The van der Waals surface area contributed by atoms with Crippen LogP contribution in [0.4, 0.5) is 5.82 Å². The summed E-state index contributed by atoms with van der Waals surface area (Å²) in [5.74, 6) is 0.613. The summed E-state index contributed by atoms with van der Waals surface area (Å²) in [7, 11) is 0. The van der Waals surface area contributed by atoms with Crippen molar-refractivity contribution in [2.24, 2.45) is 0 Å². The fraction of sp³-hybridized carbons (Fsp3) is 0.500. The molecule has 0 spiro atoms. The Bertz CT molecular complexity index is 510. The van der Waals surface area contributed by atoms with E-state index in [1.54, 1.807) is 6.20 Å². The number of hydrazine groups is 1. The van der Waals surface area contributed by atoms with Crippen molar-refractivity contribution in [3.8, 4) is 0 Å². The molecule has 1 amide bonds. The van der Waals surface area contributed by atoms with Gasteiger partial charge in [-0.15, -0.1) is 0 Å². The van der Waals surface area contributed by atoms with Gasteiger partial charge in [-0.3, -0.25) is 15.2 Å². The van der Waals surface area contributed by atoms with Crippen LogP contribution in [0.25, 0.3) is 0 Å². The summed E-state index contributed by atoms with van der Waals surface area (Å²) in [4.78, 5) is 22.9. The van der Waals surface area contributed by atoms with Crippen molar-refractivity contribution >= 4 is 11.7 Å². The SMILES string of the molecule is O=C(NN1CC=CCC1)c1cncc(N2CCCC2)n1. The normalized spacial score (nSPS) is 19.3. The average molecular weight is 273 g/mol. The first-order valence-electron chi connectivity index (χ1n) is 7.11. The van der Waals surface area contributed by atoms with Crippen LogP contribution >= 0.6 is 0 Å². The summed E-state index contributed by atoms with van der Waals surface area (Å²) in [6.45, 7) is 3.57. The minimum absolute atomic E-state index is 0.186. The van der Waals surface area contributed by atoms with Gasteiger partial charge in [0.1, 0.15) is 11.5 Å². The van der Waals surface area contributed by atoms with Gasteiger partial charge in [0.2, 0.25) is 0 Å². The van der Waals surface area contributed by atoms with Gasteiger partial charge in [0.05, 0.1) is 12.4 Å². The van der Waals surface area contributed by atoms with Crippen molar-refractivity contribution in [1.29, 1.82) is 0 Å². The maximum Gasteiger partial charge on any atom is 0.285 e. The number of nitrogens with one attached hydrogen (secondary N) is 1. The Labute approximate surface area is 118 Å². The van der Waals surface area contributed by atoms with E-state index < -0.39 is 0 Å². The highest BCUT2D eigenvalue weighted by molar-refractivity contribution is 5.91. The van der Waals surface area contributed by atoms with E-state index in [2.05, 4.69) is 32.4 Å². The van der Waals surface area contributed by atoms with Crippen LogP contribution in [0.15, 0.2) is 24.5 Å². The Morgan fingerprint density at radius 2 is 2.00 bits per heavy atom. The summed E-state index contributed by atoms with van der Waals surface area (Å²) in [6, 6.07) is 0. The molecule has 1 aromatic rings. The number of aromatic nitrogens is 2. The lowest BCUT2D eigenvalue weighted by Gasteiger charge is -2.23. The molecule has 1 fully saturated rings. The molecule has 6 heteroatoms. The fourth-order valence-corrected chi connectivity index (χ4v) is 2.51. The summed E-state index contributed by atoms with van der Waals surface area (Å²) in [6.07, 6.45) is 10.7. The van der Waals surface area contributed by atoms with Crippen LogP contribution in [-0.2, 0) is 0 Å². The van der Waals surface area contributed by atoms with Crippen LogP contribution in [0.1, 0.15) is 29.8 Å². The van der Waals surface area contributed by atoms with Crippen molar-refractivity contribution in [2.75, 3.05) is 31.1 Å². The summed E-state index contributed by atoms with van der Waals surface area (Å²) in [5.41, 5.74) is 3.25. The van der Waals surface area contributed by atoms with Crippen LogP contribution in [0.5, 0.6) is 0 Å². The van der Waals surface area contributed by atoms with Crippen LogP contribution in [0.2, 0.25) is 0 Å². The Hall–Kier alpha value is -1.95. The van der Waals surface area contributed by atoms with Crippen LogP contribution < -0.4 is 10.3 Å². The molecule has 0 bridgehead atoms. The third-order valence-electron chi connectivity index (χ3n) is 3.60. The molecule has 3 heterocycles. The number of hydrogen-bond acceptors (Lipinski definition) is 5. The Morgan fingerprint density at radius 3 is 2.75 bits per heavy atom. The van der Waals surface area contributed by atoms with E-state index in [1.165, 1.54) is 19.0 Å². The molecular formula is C14H19N5O. The number of amides is 1. The highest BCUT2D eigenvalue weighted by Crippen LogP contribution is 2.16. The first-order chi connectivity index (χ1) is 9.83. The molecule has 6 nitrogen and oxygen atoms in total. The van der Waals surface area contributed by atoms with Gasteiger partial charge in [-0.25, -0.2) is 9.99 Å². The zero-order valence-electron chi connectivity index (χ0n) is 11.5. The monoisotopic (exact) mass is 273 g/mol. The maximum absolute atomic E-state index is 12.2. The molecule has 2 aliphatic heterocycles. The minimum Gasteiger partial charge on any atom is -0.355 e. The largest absolute Gasteiger partial charge is 0.355 e. The Balaban J connectivity index is 1.67. The number of carbonyl (C=O) groups is 1. The van der Waals surface area contributed by atoms with Gasteiger partial charge < -0.3 is 4.90 Å². The van der Waals surface area contributed by atoms with Gasteiger partial charge in [-0.05, 0) is 19.3 Å². The molecule has 1 saturated heterocycles. The van der Waals surface area contributed by atoms with E-state index >= 15 is 0 Å². The molecule has 106 valence electrons. The van der Waals surface area contributed by atoms with Crippen LogP contribution in [0.3, 0.4) is 0 Å². The van der Waals surface area contributed by atoms with E-state index in [0.717, 1.165) is 38.4 Å². The summed E-state index contributed by atoms with van der Waals surface area (Å²) < 4.78 is 0. The second kappa shape index (κ2) is 6.00. The van der Waals surface area contributed by atoms with Crippen molar-refractivity contribution in [1.82, 2.24) is 20.4 Å². The van der Waals surface area contributed by atoms with Crippen LogP contribution in [0, 0.1) is 0 Å². The third-order valence-corrected chi connectivity index (χ3v) is 3.60. The van der Waals surface area contributed by atoms with Gasteiger partial charge in [0.15, 0.2) is 0 Å². The maximum atomic E-state index is 12.2. The molecule has 2 aliphatic rings. The van der Waals surface area contributed by atoms with Gasteiger partial charge >= 0.3 is 0 Å². The lowest BCUT2D eigenvalue weighted by Crippen LogP contribution is -2.44. The standard InChI is InChI=1S/C14H19N5O/c20-14(17-19-8-2-1-3-9-19)12-10-15-11-13(16-12)18-6-4-5-7-18/h1-2,10-11H,3-9H2,(H,17,20). The summed E-state index contributed by atoms with van der Waals surface area (Å²) >= 11 is 0. The molecule has 1 aromatic heterocycles. The quantitative estimate of drug-likeness (QED) is 0.832. The van der Waals surface area contributed by atoms with Gasteiger partial charge in [-0.2, -0.15) is 0 Å². The van der Waals surface area contributed by atoms with Crippen molar-refractivity contribution < 1.29 is 4.79 Å². The summed E-state index contributed by atoms with van der Waals surface area (Å²) in [5, 5.41) is 1.90. The predicted molar refractivity (Wildman–Crippen MR) is 76.3 cm³/mol. The molecule has 0 atom stereocenters. The molecule has 0 unspecified atom stereocenters. The zero-order valence-corrected chi connectivity index (χ0v) is 11.5. The first kappa shape index (κ1) is 13.1. The third kappa shape index (κ3) is 2.96. The average Bonchev–Trinajstić information content (AvgIpc) is 3.03. The Kier molecular flexibility index (Phi) is 3.92. The number of rotatable bonds is 3. The van der Waals surface area contributed by atoms with Crippen molar-refractivity contribution in [2.45, 2.75) is 19.3 Å². The number of anilines is 1. The number of hydrogen-bond donors (Lipinski definition) is 1. The van der Waals surface area contributed by atoms with Gasteiger partial charge in [0.25, 0.3) is 5.91 Å². The van der Waals surface area contributed by atoms with Crippen molar-refractivity contribution in [3.05, 3.63) is 30.2 Å². The van der Waals surface area contributed by atoms with E-state index in [9.17, 15) is 4.79 Å². The number of carbonyl (C=O) groups excluding carboxylic acids is 1. The minimum atomic E-state index is -0.186. The molecule has 0 saturated carbocycles. The van der Waals surface area contributed by atoms with E-state index in [4.69, 9.17) is 0 Å². The second-order valence-corrected chi connectivity index (χ2v) is 5.10. The van der Waals surface area contributed by atoms with E-state index in [0.29, 0.717) is 5.69 Å². The van der Waals surface area contributed by atoms with Gasteiger partial charge in [0, 0.05) is 26.2 Å². The Morgan fingerprint density at radius 1 is 1.15 bits per heavy atom. The molecule has 3 rings (SSSR count). The lowest BCUT2D eigenvalue weighted by molar-refractivity contribution is 0.0798. The zero-order chi connectivity index (χ0) is 13.8. The fourth-order valence-electron chi connectivity index (χ4n) is 2.51. The molecule has 1 N–H and O–H groups in total. The van der Waals surface area contributed by atoms with Gasteiger partial charge in [-0.1, -0.05) is 12.2 Å². The highest BCUT2D eigenvalue weighted by Gasteiger charge is 2.17. The highest BCUT2D eigenvalue weighted by atomic mass is 16.2. The molecule has 0 radical (unpaired) electrons.